The fourth-order valence-corrected chi connectivity index (χ4v) is 2.63. The summed E-state index contributed by atoms with van der Waals surface area (Å²) in [7, 11) is 1.92. The molecule has 6 heteroatoms. The van der Waals surface area contributed by atoms with Gasteiger partial charge in [-0.1, -0.05) is 0 Å². The van der Waals surface area contributed by atoms with Gasteiger partial charge >= 0.3 is 6.09 Å². The van der Waals surface area contributed by atoms with E-state index in [0.29, 0.717) is 6.04 Å². The number of amides is 1. The molecule has 6 nitrogen and oxygen atoms in total. The van der Waals surface area contributed by atoms with Crippen molar-refractivity contribution in [3.63, 3.8) is 0 Å². The van der Waals surface area contributed by atoms with Gasteiger partial charge in [-0.25, -0.2) is 4.79 Å². The van der Waals surface area contributed by atoms with E-state index in [9.17, 15) is 4.79 Å². The van der Waals surface area contributed by atoms with Gasteiger partial charge in [0.25, 0.3) is 0 Å². The molecule has 0 spiro atoms. The molecule has 1 fully saturated rings. The summed E-state index contributed by atoms with van der Waals surface area (Å²) in [6.07, 6.45) is 6.76. The minimum absolute atomic E-state index is 0.194. The lowest BCUT2D eigenvalue weighted by Gasteiger charge is -2.26. The fraction of sp³-hybridized carbons (Fsp3) is 0.750. The standard InChI is InChI=1S/C16H28N4O2/c1-16(2,3)22-15(21)20-8-5-6-14(7-9-20)17-10-13-11-18-19(4)12-13/h11-12,14,17H,5-10H2,1-4H3/t14-/m0/s1. The first kappa shape index (κ1) is 16.8. The zero-order chi connectivity index (χ0) is 16.2. The molecule has 1 aromatic heterocycles. The van der Waals surface area contributed by atoms with Gasteiger partial charge in [0.05, 0.1) is 6.20 Å². The number of carbonyl (C=O) groups excluding carboxylic acids is 1. The van der Waals surface area contributed by atoms with Gasteiger partial charge in [-0.3, -0.25) is 4.68 Å². The Labute approximate surface area is 132 Å². The molecular formula is C16H28N4O2. The Balaban J connectivity index is 1.78. The van der Waals surface area contributed by atoms with Crippen molar-refractivity contribution in [2.75, 3.05) is 13.1 Å². The lowest BCUT2D eigenvalue weighted by atomic mass is 10.1. The summed E-state index contributed by atoms with van der Waals surface area (Å²) in [5, 5.41) is 7.74. The Morgan fingerprint density at radius 1 is 1.41 bits per heavy atom. The zero-order valence-electron chi connectivity index (χ0n) is 14.1. The quantitative estimate of drug-likeness (QED) is 0.931. The average molecular weight is 308 g/mol. The maximum atomic E-state index is 12.1. The highest BCUT2D eigenvalue weighted by Gasteiger charge is 2.25. The van der Waals surface area contributed by atoms with Crippen LogP contribution in [0.15, 0.2) is 12.4 Å². The van der Waals surface area contributed by atoms with Crippen LogP contribution in [0.4, 0.5) is 4.79 Å². The normalized spacial score (nSPS) is 19.8. The third-order valence-corrected chi connectivity index (χ3v) is 3.73. The molecule has 2 rings (SSSR count). The molecule has 124 valence electrons. The van der Waals surface area contributed by atoms with Gasteiger partial charge in [0.1, 0.15) is 5.60 Å². The highest BCUT2D eigenvalue weighted by Crippen LogP contribution is 2.16. The van der Waals surface area contributed by atoms with E-state index in [1.807, 2.05) is 49.8 Å². The van der Waals surface area contributed by atoms with E-state index in [4.69, 9.17) is 4.74 Å². The molecule has 1 N–H and O–H groups in total. The minimum Gasteiger partial charge on any atom is -0.444 e. The fourth-order valence-electron chi connectivity index (χ4n) is 2.63. The summed E-state index contributed by atoms with van der Waals surface area (Å²) in [5.74, 6) is 0. The first-order valence-corrected chi connectivity index (χ1v) is 8.02. The number of likely N-dealkylation sites (tertiary alicyclic amines) is 1. The van der Waals surface area contributed by atoms with Gasteiger partial charge in [0.15, 0.2) is 0 Å². The van der Waals surface area contributed by atoms with Crippen LogP contribution in [0.3, 0.4) is 0 Å². The molecule has 1 amide bonds. The SMILES string of the molecule is Cn1cc(CN[C@H]2CCCN(C(=O)OC(C)(C)C)CC2)cn1. The number of aromatic nitrogens is 2. The van der Waals surface area contributed by atoms with E-state index in [1.54, 1.807) is 0 Å². The number of nitrogens with zero attached hydrogens (tertiary/aromatic N) is 3. The first-order valence-electron chi connectivity index (χ1n) is 8.02. The van der Waals surface area contributed by atoms with Crippen LogP contribution in [0.2, 0.25) is 0 Å². The van der Waals surface area contributed by atoms with Crippen molar-refractivity contribution in [1.82, 2.24) is 20.0 Å². The summed E-state index contributed by atoms with van der Waals surface area (Å²) < 4.78 is 7.27. The van der Waals surface area contributed by atoms with Gasteiger partial charge in [0, 0.05) is 44.5 Å². The highest BCUT2D eigenvalue weighted by molar-refractivity contribution is 5.68. The van der Waals surface area contributed by atoms with Crippen molar-refractivity contribution in [3.05, 3.63) is 18.0 Å². The summed E-state index contributed by atoms with van der Waals surface area (Å²) in [6, 6.07) is 0.438. The Hall–Kier alpha value is -1.56. The number of hydrogen-bond acceptors (Lipinski definition) is 4. The van der Waals surface area contributed by atoms with E-state index in [-0.39, 0.29) is 6.09 Å². The molecule has 0 unspecified atom stereocenters. The third kappa shape index (κ3) is 5.33. The van der Waals surface area contributed by atoms with Crippen molar-refractivity contribution in [3.8, 4) is 0 Å². The summed E-state index contributed by atoms with van der Waals surface area (Å²) >= 11 is 0. The van der Waals surface area contributed by atoms with Gasteiger partial charge < -0.3 is 15.0 Å². The molecule has 1 aliphatic heterocycles. The van der Waals surface area contributed by atoms with E-state index < -0.39 is 5.60 Å². The Morgan fingerprint density at radius 2 is 2.18 bits per heavy atom. The molecule has 0 bridgehead atoms. The number of hydrogen-bond donors (Lipinski definition) is 1. The van der Waals surface area contributed by atoms with Crippen LogP contribution in [-0.2, 0) is 18.3 Å². The maximum Gasteiger partial charge on any atom is 0.410 e. The van der Waals surface area contributed by atoms with Crippen LogP contribution in [-0.4, -0.2) is 45.5 Å². The topological polar surface area (TPSA) is 59.4 Å². The minimum atomic E-state index is -0.429. The Kier molecular flexibility index (Phi) is 5.45. The number of aryl methyl sites for hydroxylation is 1. The van der Waals surface area contributed by atoms with E-state index in [2.05, 4.69) is 10.4 Å². The summed E-state index contributed by atoms with van der Waals surface area (Å²) in [4.78, 5) is 14.0. The lowest BCUT2D eigenvalue weighted by Crippen LogP contribution is -2.38. The van der Waals surface area contributed by atoms with Crippen molar-refractivity contribution >= 4 is 6.09 Å². The molecule has 1 atom stereocenters. The Bertz CT molecular complexity index is 493. The number of carbonyl (C=O) groups is 1. The lowest BCUT2D eigenvalue weighted by molar-refractivity contribution is 0.0256. The zero-order valence-corrected chi connectivity index (χ0v) is 14.1. The van der Waals surface area contributed by atoms with E-state index in [0.717, 1.165) is 38.9 Å². The van der Waals surface area contributed by atoms with Crippen LogP contribution >= 0.6 is 0 Å². The van der Waals surface area contributed by atoms with Gasteiger partial charge in [-0.2, -0.15) is 5.10 Å². The third-order valence-electron chi connectivity index (χ3n) is 3.73. The Morgan fingerprint density at radius 3 is 2.82 bits per heavy atom. The van der Waals surface area contributed by atoms with Crippen LogP contribution < -0.4 is 5.32 Å². The predicted octanol–water partition coefficient (Wildman–Crippen LogP) is 2.30. The molecule has 0 radical (unpaired) electrons. The molecular weight excluding hydrogens is 280 g/mol. The molecule has 0 aliphatic carbocycles. The second-order valence-corrected chi connectivity index (χ2v) is 7.00. The van der Waals surface area contributed by atoms with E-state index in [1.165, 1.54) is 5.56 Å². The second kappa shape index (κ2) is 7.13. The summed E-state index contributed by atoms with van der Waals surface area (Å²) in [6.45, 7) is 8.06. The average Bonchev–Trinajstić information content (AvgIpc) is 2.69. The molecule has 22 heavy (non-hydrogen) atoms. The van der Waals surface area contributed by atoms with Crippen LogP contribution in [0.1, 0.15) is 45.6 Å². The number of rotatable bonds is 3. The molecule has 1 saturated heterocycles. The van der Waals surface area contributed by atoms with Crippen LogP contribution in [0.5, 0.6) is 0 Å². The van der Waals surface area contributed by atoms with Crippen LogP contribution in [0.25, 0.3) is 0 Å². The van der Waals surface area contributed by atoms with E-state index >= 15 is 0 Å². The molecule has 0 aromatic carbocycles. The van der Waals surface area contributed by atoms with Crippen molar-refractivity contribution < 1.29 is 9.53 Å². The highest BCUT2D eigenvalue weighted by atomic mass is 16.6. The van der Waals surface area contributed by atoms with Crippen molar-refractivity contribution in [1.29, 1.82) is 0 Å². The van der Waals surface area contributed by atoms with Gasteiger partial charge in [-0.05, 0) is 40.0 Å². The first-order chi connectivity index (χ1) is 10.3. The van der Waals surface area contributed by atoms with Gasteiger partial charge in [0.2, 0.25) is 0 Å². The van der Waals surface area contributed by atoms with Gasteiger partial charge in [-0.15, -0.1) is 0 Å². The monoisotopic (exact) mass is 308 g/mol. The molecule has 0 saturated carbocycles. The van der Waals surface area contributed by atoms with Crippen molar-refractivity contribution in [2.45, 2.75) is 58.2 Å². The largest absolute Gasteiger partial charge is 0.444 e. The number of ether oxygens (including phenoxy) is 1. The molecule has 1 aliphatic rings. The summed E-state index contributed by atoms with van der Waals surface area (Å²) in [5.41, 5.74) is 0.761. The molecule has 1 aromatic rings. The maximum absolute atomic E-state index is 12.1. The smallest absolute Gasteiger partial charge is 0.410 e. The molecule has 2 heterocycles. The number of nitrogens with one attached hydrogen (secondary N) is 1. The second-order valence-electron chi connectivity index (χ2n) is 7.00. The predicted molar refractivity (Wildman–Crippen MR) is 85.5 cm³/mol. The van der Waals surface area contributed by atoms with Crippen LogP contribution in [0, 0.1) is 0 Å². The van der Waals surface area contributed by atoms with Crippen molar-refractivity contribution in [2.24, 2.45) is 7.05 Å².